The van der Waals surface area contributed by atoms with Crippen molar-refractivity contribution in [2.24, 2.45) is 0 Å². The summed E-state index contributed by atoms with van der Waals surface area (Å²) in [5.41, 5.74) is 0.637. The molecule has 0 aliphatic rings. The molecule has 0 unspecified atom stereocenters. The molecular formula is C18H14Cl2FNO4. The van der Waals surface area contributed by atoms with Crippen molar-refractivity contribution in [3.8, 4) is 0 Å². The van der Waals surface area contributed by atoms with Gasteiger partial charge in [0.05, 0.1) is 17.1 Å². The minimum absolute atomic E-state index is 0.0261. The van der Waals surface area contributed by atoms with Crippen LogP contribution in [0.15, 0.2) is 42.5 Å². The number of carbonyl (C=O) groups excluding carboxylic acids is 3. The molecule has 0 aliphatic carbocycles. The molecule has 0 heterocycles. The summed E-state index contributed by atoms with van der Waals surface area (Å²) in [5, 5.41) is 2.93. The van der Waals surface area contributed by atoms with E-state index in [-0.39, 0.29) is 29.3 Å². The zero-order valence-corrected chi connectivity index (χ0v) is 14.9. The van der Waals surface area contributed by atoms with Crippen LogP contribution in [0.2, 0.25) is 10.0 Å². The van der Waals surface area contributed by atoms with Crippen LogP contribution in [0.3, 0.4) is 0 Å². The Hall–Kier alpha value is -2.44. The molecule has 0 atom stereocenters. The summed E-state index contributed by atoms with van der Waals surface area (Å²) in [4.78, 5) is 35.3. The number of hydrogen-bond donors (Lipinski definition) is 1. The molecule has 0 fully saturated rings. The first-order chi connectivity index (χ1) is 12.3. The summed E-state index contributed by atoms with van der Waals surface area (Å²) < 4.78 is 17.7. The molecule has 8 heteroatoms. The number of ketones is 1. The third-order valence-electron chi connectivity index (χ3n) is 3.29. The van der Waals surface area contributed by atoms with Crippen molar-refractivity contribution in [3.63, 3.8) is 0 Å². The van der Waals surface area contributed by atoms with E-state index in [2.05, 4.69) is 5.32 Å². The smallest absolute Gasteiger partial charge is 0.306 e. The molecule has 5 nitrogen and oxygen atoms in total. The van der Waals surface area contributed by atoms with Crippen molar-refractivity contribution >= 4 is 46.5 Å². The maximum Gasteiger partial charge on any atom is 0.306 e. The van der Waals surface area contributed by atoms with Crippen LogP contribution in [0.1, 0.15) is 23.2 Å². The zero-order chi connectivity index (χ0) is 19.1. The Kier molecular flexibility index (Phi) is 7.12. The van der Waals surface area contributed by atoms with Gasteiger partial charge in [-0.2, -0.15) is 0 Å². The van der Waals surface area contributed by atoms with Crippen molar-refractivity contribution in [2.75, 3.05) is 11.9 Å². The Balaban J connectivity index is 1.74. The van der Waals surface area contributed by atoms with E-state index in [0.717, 1.165) is 12.1 Å². The molecule has 0 saturated heterocycles. The highest BCUT2D eigenvalue weighted by Gasteiger charge is 2.13. The SMILES string of the molecule is O=C(COC(=O)CCC(=O)c1ccc(Cl)cc1)Nc1ccc(F)cc1Cl. The van der Waals surface area contributed by atoms with Crippen LogP contribution >= 0.6 is 23.2 Å². The fraction of sp³-hybridized carbons (Fsp3) is 0.167. The van der Waals surface area contributed by atoms with Crippen LogP contribution in [0.25, 0.3) is 0 Å². The molecule has 0 spiro atoms. The van der Waals surface area contributed by atoms with E-state index in [4.69, 9.17) is 27.9 Å². The van der Waals surface area contributed by atoms with E-state index in [1.54, 1.807) is 24.3 Å². The van der Waals surface area contributed by atoms with Gasteiger partial charge in [0.2, 0.25) is 0 Å². The number of rotatable bonds is 7. The summed E-state index contributed by atoms with van der Waals surface area (Å²) in [5.74, 6) is -2.09. The number of hydrogen-bond acceptors (Lipinski definition) is 4. The van der Waals surface area contributed by atoms with Gasteiger partial charge < -0.3 is 10.1 Å². The lowest BCUT2D eigenvalue weighted by atomic mass is 10.1. The summed E-state index contributed by atoms with van der Waals surface area (Å²) in [6, 6.07) is 9.77. The predicted octanol–water partition coefficient (Wildman–Crippen LogP) is 4.28. The first-order valence-electron chi connectivity index (χ1n) is 7.54. The maximum absolute atomic E-state index is 12.9. The second-order valence-electron chi connectivity index (χ2n) is 5.26. The lowest BCUT2D eigenvalue weighted by molar-refractivity contribution is -0.147. The number of ether oxygens (including phenoxy) is 1. The van der Waals surface area contributed by atoms with Gasteiger partial charge in [0.15, 0.2) is 12.4 Å². The van der Waals surface area contributed by atoms with Crippen LogP contribution in [0, 0.1) is 5.82 Å². The molecular weight excluding hydrogens is 384 g/mol. The highest BCUT2D eigenvalue weighted by Crippen LogP contribution is 2.22. The Morgan fingerprint density at radius 3 is 2.35 bits per heavy atom. The summed E-state index contributed by atoms with van der Waals surface area (Å²) >= 11 is 11.5. The fourth-order valence-corrected chi connectivity index (χ4v) is 2.33. The van der Waals surface area contributed by atoms with Crippen LogP contribution in [-0.2, 0) is 14.3 Å². The van der Waals surface area contributed by atoms with Gasteiger partial charge in [-0.25, -0.2) is 4.39 Å². The van der Waals surface area contributed by atoms with Crippen molar-refractivity contribution in [2.45, 2.75) is 12.8 Å². The third kappa shape index (κ3) is 6.13. The molecule has 0 aromatic heterocycles. The van der Waals surface area contributed by atoms with E-state index >= 15 is 0 Å². The van der Waals surface area contributed by atoms with Crippen molar-refractivity contribution in [1.82, 2.24) is 0 Å². The van der Waals surface area contributed by atoms with Gasteiger partial charge in [-0.3, -0.25) is 14.4 Å². The average Bonchev–Trinajstić information content (AvgIpc) is 2.61. The normalized spacial score (nSPS) is 10.3. The average molecular weight is 398 g/mol. The number of amides is 1. The van der Waals surface area contributed by atoms with E-state index in [1.165, 1.54) is 6.07 Å². The Morgan fingerprint density at radius 1 is 1.00 bits per heavy atom. The summed E-state index contributed by atoms with van der Waals surface area (Å²) in [6.45, 7) is -0.540. The Morgan fingerprint density at radius 2 is 1.69 bits per heavy atom. The number of Topliss-reactive ketones (excluding diaryl/α,β-unsaturated/α-hetero) is 1. The molecule has 136 valence electrons. The Bertz CT molecular complexity index is 824. The highest BCUT2D eigenvalue weighted by molar-refractivity contribution is 6.33. The minimum Gasteiger partial charge on any atom is -0.456 e. The lowest BCUT2D eigenvalue weighted by Gasteiger charge is -2.08. The second kappa shape index (κ2) is 9.31. The highest BCUT2D eigenvalue weighted by atomic mass is 35.5. The van der Waals surface area contributed by atoms with Crippen LogP contribution in [0.5, 0.6) is 0 Å². The van der Waals surface area contributed by atoms with Crippen LogP contribution in [0.4, 0.5) is 10.1 Å². The first kappa shape index (κ1) is 19.9. The monoisotopic (exact) mass is 397 g/mol. The molecule has 0 radical (unpaired) electrons. The molecule has 26 heavy (non-hydrogen) atoms. The summed E-state index contributed by atoms with van der Waals surface area (Å²) in [7, 11) is 0. The third-order valence-corrected chi connectivity index (χ3v) is 3.86. The molecule has 0 bridgehead atoms. The standard InChI is InChI=1S/C18H14Cl2FNO4/c19-12-3-1-11(2-4-12)16(23)7-8-18(25)26-10-17(24)22-15-6-5-13(21)9-14(15)20/h1-6,9H,7-8,10H2,(H,22,24). The van der Waals surface area contributed by atoms with E-state index < -0.39 is 24.3 Å². The van der Waals surface area contributed by atoms with E-state index in [1.807, 2.05) is 0 Å². The van der Waals surface area contributed by atoms with Crippen LogP contribution < -0.4 is 5.32 Å². The predicted molar refractivity (Wildman–Crippen MR) is 96.0 cm³/mol. The zero-order valence-electron chi connectivity index (χ0n) is 13.4. The first-order valence-corrected chi connectivity index (χ1v) is 8.30. The number of benzene rings is 2. The topological polar surface area (TPSA) is 72.5 Å². The van der Waals surface area contributed by atoms with Crippen molar-refractivity contribution < 1.29 is 23.5 Å². The number of nitrogens with one attached hydrogen (secondary N) is 1. The molecule has 1 N–H and O–H groups in total. The van der Waals surface area contributed by atoms with Gasteiger partial charge in [0.1, 0.15) is 5.82 Å². The number of esters is 1. The lowest BCUT2D eigenvalue weighted by Crippen LogP contribution is -2.21. The van der Waals surface area contributed by atoms with Gasteiger partial charge in [-0.15, -0.1) is 0 Å². The number of anilines is 1. The molecule has 0 aliphatic heterocycles. The van der Waals surface area contributed by atoms with E-state index in [0.29, 0.717) is 10.6 Å². The number of halogens is 3. The minimum atomic E-state index is -0.687. The summed E-state index contributed by atoms with van der Waals surface area (Å²) in [6.07, 6.45) is -0.210. The largest absolute Gasteiger partial charge is 0.456 e. The number of carbonyl (C=O) groups is 3. The van der Waals surface area contributed by atoms with Crippen molar-refractivity contribution in [3.05, 3.63) is 63.9 Å². The molecule has 2 aromatic carbocycles. The molecule has 1 amide bonds. The second-order valence-corrected chi connectivity index (χ2v) is 6.11. The van der Waals surface area contributed by atoms with Crippen molar-refractivity contribution in [1.29, 1.82) is 0 Å². The van der Waals surface area contributed by atoms with Gasteiger partial charge in [-0.05, 0) is 42.5 Å². The van der Waals surface area contributed by atoms with Crippen LogP contribution in [-0.4, -0.2) is 24.3 Å². The quantitative estimate of drug-likeness (QED) is 0.558. The van der Waals surface area contributed by atoms with Gasteiger partial charge in [0, 0.05) is 17.0 Å². The molecule has 2 aromatic rings. The van der Waals surface area contributed by atoms with Gasteiger partial charge >= 0.3 is 5.97 Å². The molecule has 2 rings (SSSR count). The fourth-order valence-electron chi connectivity index (χ4n) is 1.99. The van der Waals surface area contributed by atoms with Gasteiger partial charge in [0.25, 0.3) is 5.91 Å². The molecule has 0 saturated carbocycles. The maximum atomic E-state index is 12.9. The van der Waals surface area contributed by atoms with Gasteiger partial charge in [-0.1, -0.05) is 23.2 Å². The Labute approximate surface area is 159 Å². The van der Waals surface area contributed by atoms with E-state index in [9.17, 15) is 18.8 Å².